The highest BCUT2D eigenvalue weighted by atomic mass is 16.2. The van der Waals surface area contributed by atoms with Gasteiger partial charge in [-0.15, -0.1) is 0 Å². The van der Waals surface area contributed by atoms with Gasteiger partial charge in [0.05, 0.1) is 6.33 Å². The molecule has 1 aliphatic rings. The van der Waals surface area contributed by atoms with Crippen LogP contribution in [0.25, 0.3) is 21.9 Å². The molecular formula is C32H30N4O. The van der Waals surface area contributed by atoms with Crippen molar-refractivity contribution in [3.05, 3.63) is 120 Å². The minimum Gasteiger partial charge on any atom is -0.369 e. The summed E-state index contributed by atoms with van der Waals surface area (Å²) in [4.78, 5) is 25.7. The number of aryl methyl sites for hydroxylation is 1. The Morgan fingerprint density at radius 3 is 2.57 bits per heavy atom. The Kier molecular flexibility index (Phi) is 6.42. The molecule has 5 nitrogen and oxygen atoms in total. The van der Waals surface area contributed by atoms with E-state index in [-0.39, 0.29) is 5.91 Å². The lowest BCUT2D eigenvalue weighted by molar-refractivity contribution is 0.0753. The van der Waals surface area contributed by atoms with E-state index < -0.39 is 0 Å². The normalized spacial score (nSPS) is 13.4. The predicted octanol–water partition coefficient (Wildman–Crippen LogP) is 6.33. The molecule has 1 aliphatic heterocycles. The highest BCUT2D eigenvalue weighted by Gasteiger charge is 2.25. The zero-order chi connectivity index (χ0) is 25.0. The van der Waals surface area contributed by atoms with Crippen molar-refractivity contribution in [1.82, 2.24) is 14.9 Å². The van der Waals surface area contributed by atoms with Crippen molar-refractivity contribution >= 4 is 22.4 Å². The Bertz CT molecular complexity index is 1510. The van der Waals surface area contributed by atoms with E-state index in [0.717, 1.165) is 48.0 Å². The Morgan fingerprint density at radius 2 is 1.70 bits per heavy atom. The van der Waals surface area contributed by atoms with Crippen LogP contribution in [0.4, 0.5) is 5.69 Å². The molecule has 1 N–H and O–H groups in total. The highest BCUT2D eigenvalue weighted by Crippen LogP contribution is 2.32. The van der Waals surface area contributed by atoms with Gasteiger partial charge in [-0.1, -0.05) is 72.8 Å². The number of aromatic nitrogens is 2. The predicted molar refractivity (Wildman–Crippen MR) is 150 cm³/mol. The number of carbonyl (C=O) groups excluding carboxylic acids is 1. The van der Waals surface area contributed by atoms with E-state index >= 15 is 0 Å². The number of carbonyl (C=O) groups is 1. The molecule has 0 spiro atoms. The molecule has 0 saturated heterocycles. The maximum Gasteiger partial charge on any atom is 0.254 e. The van der Waals surface area contributed by atoms with E-state index in [1.54, 1.807) is 6.33 Å². The molecule has 0 bridgehead atoms. The summed E-state index contributed by atoms with van der Waals surface area (Å²) >= 11 is 0. The smallest absolute Gasteiger partial charge is 0.254 e. The summed E-state index contributed by atoms with van der Waals surface area (Å²) in [5, 5.41) is 2.10. The summed E-state index contributed by atoms with van der Waals surface area (Å²) in [6.45, 7) is 3.00. The van der Waals surface area contributed by atoms with Crippen molar-refractivity contribution in [2.24, 2.45) is 0 Å². The molecule has 1 amide bonds. The number of rotatable bonds is 6. The van der Waals surface area contributed by atoms with Crippen molar-refractivity contribution in [3.63, 3.8) is 0 Å². The first-order chi connectivity index (χ1) is 18.3. The molecule has 4 aromatic carbocycles. The fraction of sp³-hybridized carbons (Fsp3) is 0.188. The van der Waals surface area contributed by atoms with Crippen molar-refractivity contribution in [2.45, 2.75) is 19.4 Å². The van der Waals surface area contributed by atoms with Gasteiger partial charge in [-0.05, 0) is 58.5 Å². The van der Waals surface area contributed by atoms with Gasteiger partial charge in [-0.25, -0.2) is 4.98 Å². The number of H-pyrrole nitrogens is 1. The number of anilines is 1. The number of nitrogens with zero attached hydrogens (tertiary/aromatic N) is 3. The lowest BCUT2D eigenvalue weighted by atomic mass is 10.0. The van der Waals surface area contributed by atoms with E-state index in [0.29, 0.717) is 13.1 Å². The van der Waals surface area contributed by atoms with Gasteiger partial charge >= 0.3 is 0 Å². The molecule has 6 rings (SSSR count). The molecule has 0 fully saturated rings. The van der Waals surface area contributed by atoms with Crippen LogP contribution in [0.2, 0.25) is 0 Å². The molecular weight excluding hydrogens is 456 g/mol. The molecule has 0 atom stereocenters. The topological polar surface area (TPSA) is 52.2 Å². The zero-order valence-electron chi connectivity index (χ0n) is 20.8. The van der Waals surface area contributed by atoms with Crippen molar-refractivity contribution in [3.8, 4) is 11.1 Å². The standard InChI is InChI=1S/C32H30N4O/c37-32(30-14-6-11-25-10-4-5-13-29(25)30)36-19-18-35(17-7-12-28-21-33-23-34-28)31-16-15-26(20-27(31)22-36)24-8-2-1-3-9-24/h1-6,8-11,13-16,20-21,23H,7,12,17-19,22H2,(H,33,34). The summed E-state index contributed by atoms with van der Waals surface area (Å²) in [6, 6.07) is 31.3. The number of hydrogen-bond acceptors (Lipinski definition) is 3. The largest absolute Gasteiger partial charge is 0.369 e. The van der Waals surface area contributed by atoms with Gasteiger partial charge in [-0.3, -0.25) is 4.79 Å². The average molecular weight is 487 g/mol. The van der Waals surface area contributed by atoms with Crippen LogP contribution in [-0.4, -0.2) is 40.4 Å². The SMILES string of the molecule is O=C(c1cccc2ccccc12)N1CCN(CCCc2cnc[nH]2)c2ccc(-c3ccccc3)cc2C1. The van der Waals surface area contributed by atoms with Crippen LogP contribution in [-0.2, 0) is 13.0 Å². The zero-order valence-corrected chi connectivity index (χ0v) is 20.8. The van der Waals surface area contributed by atoms with Crippen LogP contribution in [0.5, 0.6) is 0 Å². The molecule has 184 valence electrons. The van der Waals surface area contributed by atoms with E-state index in [1.165, 1.54) is 22.4 Å². The molecule has 1 aromatic heterocycles. The number of imidazole rings is 1. The minimum atomic E-state index is 0.0900. The van der Waals surface area contributed by atoms with Crippen LogP contribution in [0.3, 0.4) is 0 Å². The molecule has 0 saturated carbocycles. The third-order valence-corrected chi connectivity index (χ3v) is 7.26. The van der Waals surface area contributed by atoms with Gasteiger partial charge in [0.2, 0.25) is 0 Å². The van der Waals surface area contributed by atoms with Gasteiger partial charge in [0.1, 0.15) is 0 Å². The summed E-state index contributed by atoms with van der Waals surface area (Å²) in [6.07, 6.45) is 5.59. The third kappa shape index (κ3) is 4.85. The van der Waals surface area contributed by atoms with Crippen molar-refractivity contribution in [2.75, 3.05) is 24.5 Å². The summed E-state index contributed by atoms with van der Waals surface area (Å²) in [7, 11) is 0. The summed E-state index contributed by atoms with van der Waals surface area (Å²) < 4.78 is 0. The number of benzene rings is 4. The number of aromatic amines is 1. The van der Waals surface area contributed by atoms with Gasteiger partial charge in [0.25, 0.3) is 5.91 Å². The molecule has 37 heavy (non-hydrogen) atoms. The first-order valence-corrected chi connectivity index (χ1v) is 12.9. The Morgan fingerprint density at radius 1 is 0.865 bits per heavy atom. The van der Waals surface area contributed by atoms with Gasteiger partial charge in [0, 0.05) is 49.3 Å². The summed E-state index contributed by atoms with van der Waals surface area (Å²) in [5.41, 5.74) is 6.70. The minimum absolute atomic E-state index is 0.0900. The van der Waals surface area contributed by atoms with Crippen LogP contribution in [0, 0.1) is 0 Å². The van der Waals surface area contributed by atoms with Crippen molar-refractivity contribution < 1.29 is 4.79 Å². The number of nitrogens with one attached hydrogen (secondary N) is 1. The van der Waals surface area contributed by atoms with E-state index in [2.05, 4.69) is 69.5 Å². The van der Waals surface area contributed by atoms with Crippen LogP contribution >= 0.6 is 0 Å². The second-order valence-corrected chi connectivity index (χ2v) is 9.63. The van der Waals surface area contributed by atoms with Gasteiger partial charge in [-0.2, -0.15) is 0 Å². The number of fused-ring (bicyclic) bond motifs is 2. The second-order valence-electron chi connectivity index (χ2n) is 9.63. The lowest BCUT2D eigenvalue weighted by Gasteiger charge is -2.25. The van der Waals surface area contributed by atoms with E-state index in [9.17, 15) is 4.79 Å². The first-order valence-electron chi connectivity index (χ1n) is 12.9. The highest BCUT2D eigenvalue weighted by molar-refractivity contribution is 6.07. The maximum atomic E-state index is 13.9. The fourth-order valence-electron chi connectivity index (χ4n) is 5.35. The van der Waals surface area contributed by atoms with Gasteiger partial charge < -0.3 is 14.8 Å². The Labute approximate surface area is 217 Å². The molecule has 0 aliphatic carbocycles. The number of hydrogen-bond donors (Lipinski definition) is 1. The number of amides is 1. The van der Waals surface area contributed by atoms with Crippen LogP contribution < -0.4 is 4.90 Å². The van der Waals surface area contributed by atoms with E-state index in [1.807, 2.05) is 47.5 Å². The summed E-state index contributed by atoms with van der Waals surface area (Å²) in [5.74, 6) is 0.0900. The van der Waals surface area contributed by atoms with Gasteiger partial charge in [0.15, 0.2) is 0 Å². The molecule has 0 radical (unpaired) electrons. The van der Waals surface area contributed by atoms with Crippen LogP contribution in [0.1, 0.15) is 28.0 Å². The Hall–Kier alpha value is -4.38. The Balaban J connectivity index is 1.32. The molecule has 0 unspecified atom stereocenters. The lowest BCUT2D eigenvalue weighted by Crippen LogP contribution is -2.36. The molecule has 5 aromatic rings. The third-order valence-electron chi connectivity index (χ3n) is 7.26. The first kappa shape index (κ1) is 23.0. The van der Waals surface area contributed by atoms with Crippen molar-refractivity contribution in [1.29, 1.82) is 0 Å². The fourth-order valence-corrected chi connectivity index (χ4v) is 5.35. The average Bonchev–Trinajstić information content (AvgIpc) is 3.40. The second kappa shape index (κ2) is 10.3. The quantitative estimate of drug-likeness (QED) is 0.305. The molecule has 5 heteroatoms. The molecule has 2 heterocycles. The van der Waals surface area contributed by atoms with Crippen LogP contribution in [0.15, 0.2) is 104 Å². The maximum absolute atomic E-state index is 13.9. The van der Waals surface area contributed by atoms with E-state index in [4.69, 9.17) is 0 Å². The monoisotopic (exact) mass is 486 g/mol.